The van der Waals surface area contributed by atoms with Gasteiger partial charge in [0.25, 0.3) is 0 Å². The summed E-state index contributed by atoms with van der Waals surface area (Å²) in [7, 11) is 0. The minimum absolute atomic E-state index is 0.259. The van der Waals surface area contributed by atoms with Crippen LogP contribution in [0.4, 0.5) is 5.82 Å². The van der Waals surface area contributed by atoms with Gasteiger partial charge in [-0.15, -0.1) is 0 Å². The van der Waals surface area contributed by atoms with E-state index in [1.807, 2.05) is 0 Å². The highest BCUT2D eigenvalue weighted by molar-refractivity contribution is 5.49. The van der Waals surface area contributed by atoms with Crippen molar-refractivity contribution in [3.8, 4) is 0 Å². The predicted octanol–water partition coefficient (Wildman–Crippen LogP) is 0.174. The van der Waals surface area contributed by atoms with Crippen LogP contribution in [0.1, 0.15) is 12.2 Å². The second kappa shape index (κ2) is 4.41. The molecule has 0 radical (unpaired) electrons. The largest absolute Gasteiger partial charge is 0.381 e. The molecule has 96 valence electrons. The molecule has 1 aliphatic heterocycles. The van der Waals surface area contributed by atoms with Gasteiger partial charge in [-0.2, -0.15) is 5.10 Å². The van der Waals surface area contributed by atoms with E-state index in [1.54, 1.807) is 13.0 Å². The number of aromatic amines is 1. The minimum Gasteiger partial charge on any atom is -0.381 e. The normalized spacial score (nSPS) is 19.5. The third kappa shape index (κ3) is 1.97. The number of H-pyrrole nitrogens is 1. The lowest BCUT2D eigenvalue weighted by Gasteiger charge is -2.10. The lowest BCUT2D eigenvalue weighted by atomic mass is 10.1. The molecule has 0 saturated carbocycles. The molecule has 0 bridgehead atoms. The number of ether oxygens (including phenoxy) is 1. The summed E-state index contributed by atoms with van der Waals surface area (Å²) in [6.45, 7) is 4.26. The monoisotopic (exact) mass is 249 g/mol. The van der Waals surface area contributed by atoms with E-state index in [2.05, 4.69) is 20.5 Å². The number of hydrogen-bond donors (Lipinski definition) is 2. The standard InChI is InChI=1S/C11H15N5O2/c1-7-13-9(12-5-8-2-3-18-6-8)4-10-14-15-11(17)16(7)10/h4,8,12H,2-3,5-6H2,1H3,(H,15,17). The second-order valence-corrected chi connectivity index (χ2v) is 4.52. The molecule has 2 aromatic heterocycles. The maximum atomic E-state index is 11.4. The number of rotatable bonds is 3. The fraction of sp³-hybridized carbons (Fsp3) is 0.545. The van der Waals surface area contributed by atoms with Crippen LogP contribution in [0.15, 0.2) is 10.9 Å². The van der Waals surface area contributed by atoms with Gasteiger partial charge >= 0.3 is 5.69 Å². The average Bonchev–Trinajstić information content (AvgIpc) is 2.97. The van der Waals surface area contributed by atoms with Crippen molar-refractivity contribution in [1.29, 1.82) is 0 Å². The third-order valence-electron chi connectivity index (χ3n) is 3.17. The van der Waals surface area contributed by atoms with Crippen molar-refractivity contribution in [3.63, 3.8) is 0 Å². The van der Waals surface area contributed by atoms with Crippen molar-refractivity contribution < 1.29 is 4.74 Å². The van der Waals surface area contributed by atoms with Gasteiger partial charge < -0.3 is 10.1 Å². The molecule has 1 unspecified atom stereocenters. The first kappa shape index (κ1) is 11.2. The fourth-order valence-corrected chi connectivity index (χ4v) is 2.18. The van der Waals surface area contributed by atoms with E-state index in [4.69, 9.17) is 4.74 Å². The molecule has 7 heteroatoms. The van der Waals surface area contributed by atoms with Crippen LogP contribution in [-0.4, -0.2) is 39.3 Å². The molecular formula is C11H15N5O2. The quantitative estimate of drug-likeness (QED) is 0.810. The summed E-state index contributed by atoms with van der Waals surface area (Å²) in [6, 6.07) is 1.76. The molecule has 0 aromatic carbocycles. The zero-order valence-electron chi connectivity index (χ0n) is 10.1. The van der Waals surface area contributed by atoms with E-state index in [1.165, 1.54) is 4.40 Å². The van der Waals surface area contributed by atoms with E-state index in [0.717, 1.165) is 32.0 Å². The van der Waals surface area contributed by atoms with Crippen LogP contribution >= 0.6 is 0 Å². The van der Waals surface area contributed by atoms with Crippen molar-refractivity contribution >= 4 is 11.5 Å². The molecule has 1 saturated heterocycles. The molecule has 1 fully saturated rings. The van der Waals surface area contributed by atoms with E-state index in [-0.39, 0.29) is 5.69 Å². The first-order valence-electron chi connectivity index (χ1n) is 6.00. The number of nitrogens with one attached hydrogen (secondary N) is 2. The smallest absolute Gasteiger partial charge is 0.349 e. The maximum Gasteiger partial charge on any atom is 0.349 e. The Bertz CT molecular complexity index is 611. The Hall–Kier alpha value is -1.89. The molecule has 0 amide bonds. The number of hydrogen-bond acceptors (Lipinski definition) is 5. The first-order chi connectivity index (χ1) is 8.74. The number of nitrogens with zero attached hydrogens (tertiary/aromatic N) is 3. The number of anilines is 1. The number of fused-ring (bicyclic) bond motifs is 1. The Labute approximate surface area is 103 Å². The molecule has 1 aliphatic rings. The van der Waals surface area contributed by atoms with Crippen molar-refractivity contribution in [2.75, 3.05) is 25.1 Å². The van der Waals surface area contributed by atoms with Gasteiger partial charge in [0.15, 0.2) is 5.65 Å². The van der Waals surface area contributed by atoms with E-state index >= 15 is 0 Å². The summed E-state index contributed by atoms with van der Waals surface area (Å²) < 4.78 is 6.77. The molecular weight excluding hydrogens is 234 g/mol. The lowest BCUT2D eigenvalue weighted by Crippen LogP contribution is -2.17. The SMILES string of the molecule is Cc1nc(NCC2CCOC2)cc2n[nH]c(=O)n12. The van der Waals surface area contributed by atoms with Crippen molar-refractivity contribution in [3.05, 3.63) is 22.4 Å². The Morgan fingerprint density at radius 1 is 1.67 bits per heavy atom. The van der Waals surface area contributed by atoms with Crippen molar-refractivity contribution in [1.82, 2.24) is 19.6 Å². The zero-order valence-corrected chi connectivity index (χ0v) is 10.1. The van der Waals surface area contributed by atoms with Gasteiger partial charge in [-0.3, -0.25) is 0 Å². The summed E-state index contributed by atoms with van der Waals surface area (Å²) >= 11 is 0. The molecule has 18 heavy (non-hydrogen) atoms. The zero-order chi connectivity index (χ0) is 12.5. The van der Waals surface area contributed by atoms with Gasteiger partial charge in [0, 0.05) is 25.1 Å². The Kier molecular flexibility index (Phi) is 2.75. The minimum atomic E-state index is -0.259. The molecule has 1 atom stereocenters. The molecule has 0 spiro atoms. The van der Waals surface area contributed by atoms with Crippen LogP contribution in [0.2, 0.25) is 0 Å². The Morgan fingerprint density at radius 3 is 3.33 bits per heavy atom. The van der Waals surface area contributed by atoms with Crippen LogP contribution in [0.5, 0.6) is 0 Å². The van der Waals surface area contributed by atoms with E-state index < -0.39 is 0 Å². The Morgan fingerprint density at radius 2 is 2.56 bits per heavy atom. The molecule has 2 N–H and O–H groups in total. The molecule has 2 aromatic rings. The lowest BCUT2D eigenvalue weighted by molar-refractivity contribution is 0.187. The third-order valence-corrected chi connectivity index (χ3v) is 3.17. The summed E-state index contributed by atoms with van der Waals surface area (Å²) in [5, 5.41) is 9.62. The van der Waals surface area contributed by atoms with Gasteiger partial charge in [-0.05, 0) is 13.3 Å². The average molecular weight is 249 g/mol. The number of aromatic nitrogens is 4. The van der Waals surface area contributed by atoms with E-state index in [9.17, 15) is 4.79 Å². The van der Waals surface area contributed by atoms with E-state index in [0.29, 0.717) is 17.4 Å². The van der Waals surface area contributed by atoms with Crippen LogP contribution < -0.4 is 11.0 Å². The molecule has 0 aliphatic carbocycles. The number of aryl methyl sites for hydroxylation is 1. The van der Waals surface area contributed by atoms with Crippen LogP contribution in [0, 0.1) is 12.8 Å². The topological polar surface area (TPSA) is 84.3 Å². The van der Waals surface area contributed by atoms with Crippen molar-refractivity contribution in [2.24, 2.45) is 5.92 Å². The summed E-state index contributed by atoms with van der Waals surface area (Å²) in [4.78, 5) is 15.8. The van der Waals surface area contributed by atoms with Crippen molar-refractivity contribution in [2.45, 2.75) is 13.3 Å². The highest BCUT2D eigenvalue weighted by Gasteiger charge is 2.15. The fourth-order valence-electron chi connectivity index (χ4n) is 2.18. The maximum absolute atomic E-state index is 11.4. The highest BCUT2D eigenvalue weighted by Crippen LogP contribution is 2.14. The molecule has 3 heterocycles. The molecule has 3 rings (SSSR count). The van der Waals surface area contributed by atoms with Gasteiger partial charge in [0.2, 0.25) is 0 Å². The summed E-state index contributed by atoms with van der Waals surface area (Å²) in [6.07, 6.45) is 1.08. The van der Waals surface area contributed by atoms with Gasteiger partial charge in [-0.25, -0.2) is 19.3 Å². The van der Waals surface area contributed by atoms with Crippen LogP contribution in [0.3, 0.4) is 0 Å². The van der Waals surface area contributed by atoms with Gasteiger partial charge in [-0.1, -0.05) is 0 Å². The highest BCUT2D eigenvalue weighted by atomic mass is 16.5. The second-order valence-electron chi connectivity index (χ2n) is 4.52. The summed E-state index contributed by atoms with van der Waals surface area (Å²) in [5.74, 6) is 1.90. The van der Waals surface area contributed by atoms with Crippen LogP contribution in [0.25, 0.3) is 5.65 Å². The Balaban J connectivity index is 1.81. The molecule has 7 nitrogen and oxygen atoms in total. The van der Waals surface area contributed by atoms with Gasteiger partial charge in [0.1, 0.15) is 11.6 Å². The van der Waals surface area contributed by atoms with Gasteiger partial charge in [0.05, 0.1) is 6.61 Å². The first-order valence-corrected chi connectivity index (χ1v) is 6.00. The predicted molar refractivity (Wildman–Crippen MR) is 65.8 cm³/mol. The van der Waals surface area contributed by atoms with Crippen LogP contribution in [-0.2, 0) is 4.74 Å². The summed E-state index contributed by atoms with van der Waals surface area (Å²) in [5.41, 5.74) is 0.323.